The Morgan fingerprint density at radius 2 is 1.79 bits per heavy atom. The van der Waals surface area contributed by atoms with Crippen LogP contribution in [0.4, 0.5) is 5.95 Å². The maximum absolute atomic E-state index is 13.2. The van der Waals surface area contributed by atoms with Crippen molar-refractivity contribution in [3.05, 3.63) is 64.9 Å². The number of carbonyl (C=O) groups excluding carboxylic acids is 1. The van der Waals surface area contributed by atoms with Gasteiger partial charge in [-0.15, -0.1) is 5.10 Å². The molecular formula is C27H30N4O3. The van der Waals surface area contributed by atoms with Gasteiger partial charge in [0.25, 0.3) is 0 Å². The van der Waals surface area contributed by atoms with Crippen molar-refractivity contribution in [2.75, 3.05) is 19.5 Å². The normalized spacial score (nSPS) is 17.7. The molecule has 1 atom stereocenters. The number of nitrogens with one attached hydrogen (secondary N) is 1. The molecule has 1 aliphatic heterocycles. The molecule has 2 aromatic carbocycles. The Hall–Kier alpha value is -3.61. The van der Waals surface area contributed by atoms with E-state index in [2.05, 4.69) is 50.4 Å². The number of hydrogen-bond acceptors (Lipinski definition) is 6. The monoisotopic (exact) mass is 458 g/mol. The highest BCUT2D eigenvalue weighted by molar-refractivity contribution is 5.99. The first-order valence-electron chi connectivity index (χ1n) is 11.6. The van der Waals surface area contributed by atoms with Crippen LogP contribution in [0.2, 0.25) is 0 Å². The molecule has 1 aromatic heterocycles. The van der Waals surface area contributed by atoms with Crippen LogP contribution in [0.3, 0.4) is 0 Å². The van der Waals surface area contributed by atoms with Gasteiger partial charge in [-0.3, -0.25) is 4.79 Å². The predicted molar refractivity (Wildman–Crippen MR) is 131 cm³/mol. The molecule has 0 amide bonds. The van der Waals surface area contributed by atoms with E-state index in [1.165, 1.54) is 5.56 Å². The molecule has 7 nitrogen and oxygen atoms in total. The van der Waals surface area contributed by atoms with E-state index < -0.39 is 6.04 Å². The second-order valence-corrected chi connectivity index (χ2v) is 9.81. The summed E-state index contributed by atoms with van der Waals surface area (Å²) in [6.07, 6.45) is 2.14. The number of carbonyl (C=O) groups is 1. The van der Waals surface area contributed by atoms with Crippen molar-refractivity contribution >= 4 is 11.7 Å². The molecule has 1 aliphatic carbocycles. The molecule has 0 radical (unpaired) electrons. The first kappa shape index (κ1) is 22.2. The summed E-state index contributed by atoms with van der Waals surface area (Å²) in [7, 11) is 3.23. The average molecular weight is 459 g/mol. The van der Waals surface area contributed by atoms with Crippen LogP contribution in [0, 0.1) is 0 Å². The molecule has 7 heteroatoms. The van der Waals surface area contributed by atoms with E-state index in [1.807, 2.05) is 22.9 Å². The number of anilines is 1. The molecule has 176 valence electrons. The second kappa shape index (κ2) is 8.31. The van der Waals surface area contributed by atoms with Crippen LogP contribution in [-0.4, -0.2) is 34.8 Å². The number of fused-ring (bicyclic) bond motifs is 1. The first-order valence-corrected chi connectivity index (χ1v) is 11.6. The molecule has 1 N–H and O–H groups in total. The average Bonchev–Trinajstić information content (AvgIpc) is 3.25. The van der Waals surface area contributed by atoms with Crippen molar-refractivity contribution in [1.82, 2.24) is 14.8 Å². The van der Waals surface area contributed by atoms with E-state index in [1.54, 1.807) is 14.2 Å². The summed E-state index contributed by atoms with van der Waals surface area (Å²) < 4.78 is 13.1. The van der Waals surface area contributed by atoms with Crippen molar-refractivity contribution in [3.8, 4) is 22.9 Å². The van der Waals surface area contributed by atoms with Gasteiger partial charge in [-0.1, -0.05) is 57.2 Å². The van der Waals surface area contributed by atoms with Crippen molar-refractivity contribution in [3.63, 3.8) is 0 Å². The summed E-state index contributed by atoms with van der Waals surface area (Å²) in [4.78, 5) is 18.0. The zero-order chi connectivity index (χ0) is 24.0. The predicted octanol–water partition coefficient (Wildman–Crippen LogP) is 5.28. The van der Waals surface area contributed by atoms with Crippen LogP contribution in [0.1, 0.15) is 57.2 Å². The molecule has 34 heavy (non-hydrogen) atoms. The van der Waals surface area contributed by atoms with Gasteiger partial charge in [-0.05, 0) is 29.9 Å². The summed E-state index contributed by atoms with van der Waals surface area (Å²) in [6, 6.07) is 13.6. The fourth-order valence-corrected chi connectivity index (χ4v) is 4.81. The number of para-hydroxylation sites is 1. The Labute approximate surface area is 199 Å². The summed E-state index contributed by atoms with van der Waals surface area (Å²) in [5, 5.41) is 8.28. The third-order valence-electron chi connectivity index (χ3n) is 6.61. The molecule has 2 aliphatic rings. The van der Waals surface area contributed by atoms with Crippen molar-refractivity contribution in [2.45, 2.75) is 51.5 Å². The van der Waals surface area contributed by atoms with Crippen LogP contribution in [0.25, 0.3) is 11.4 Å². The SMILES string of the molecule is COc1cccc(C2C3=C(CCCC3=O)Nc3nc(-c4ccc(C(C)(C)C)cc4)nn32)c1OC. The van der Waals surface area contributed by atoms with Gasteiger partial charge in [0.05, 0.1) is 14.2 Å². The highest BCUT2D eigenvalue weighted by Crippen LogP contribution is 2.45. The largest absolute Gasteiger partial charge is 0.493 e. The molecule has 3 aromatic rings. The lowest BCUT2D eigenvalue weighted by Gasteiger charge is -2.32. The summed E-state index contributed by atoms with van der Waals surface area (Å²) in [5.41, 5.74) is 4.72. The van der Waals surface area contributed by atoms with E-state index in [4.69, 9.17) is 19.6 Å². The second-order valence-electron chi connectivity index (χ2n) is 9.81. The minimum atomic E-state index is -0.445. The lowest BCUT2D eigenvalue weighted by atomic mass is 9.85. The van der Waals surface area contributed by atoms with E-state index in [9.17, 15) is 4.79 Å². The quantitative estimate of drug-likeness (QED) is 0.573. The van der Waals surface area contributed by atoms with Crippen LogP contribution in [-0.2, 0) is 10.2 Å². The number of rotatable bonds is 4. The number of allylic oxidation sites excluding steroid dienone is 2. The van der Waals surface area contributed by atoms with Gasteiger partial charge in [0.2, 0.25) is 5.95 Å². The summed E-state index contributed by atoms with van der Waals surface area (Å²) in [6.45, 7) is 6.58. The van der Waals surface area contributed by atoms with Gasteiger partial charge in [-0.2, -0.15) is 4.98 Å². The number of nitrogens with zero attached hydrogens (tertiary/aromatic N) is 3. The van der Waals surface area contributed by atoms with Gasteiger partial charge < -0.3 is 14.8 Å². The maximum Gasteiger partial charge on any atom is 0.226 e. The van der Waals surface area contributed by atoms with Crippen molar-refractivity contribution in [1.29, 1.82) is 0 Å². The zero-order valence-corrected chi connectivity index (χ0v) is 20.3. The Morgan fingerprint density at radius 1 is 1.03 bits per heavy atom. The Balaban J connectivity index is 1.66. The number of aromatic nitrogens is 3. The molecular weight excluding hydrogens is 428 g/mol. The minimum absolute atomic E-state index is 0.0678. The fourth-order valence-electron chi connectivity index (χ4n) is 4.81. The number of hydrogen-bond donors (Lipinski definition) is 1. The highest BCUT2D eigenvalue weighted by Gasteiger charge is 2.38. The van der Waals surface area contributed by atoms with Gasteiger partial charge in [0, 0.05) is 28.8 Å². The number of Topliss-reactive ketones (excluding diaryl/α,β-unsaturated/α-hetero) is 1. The van der Waals surface area contributed by atoms with Crippen LogP contribution < -0.4 is 14.8 Å². The molecule has 0 spiro atoms. The van der Waals surface area contributed by atoms with Gasteiger partial charge in [0.15, 0.2) is 23.1 Å². The van der Waals surface area contributed by atoms with Crippen molar-refractivity contribution < 1.29 is 14.3 Å². The summed E-state index contributed by atoms with van der Waals surface area (Å²) >= 11 is 0. The molecule has 1 unspecified atom stereocenters. The number of ether oxygens (including phenoxy) is 2. The smallest absolute Gasteiger partial charge is 0.226 e. The topological polar surface area (TPSA) is 78.3 Å². The fraction of sp³-hybridized carbons (Fsp3) is 0.370. The summed E-state index contributed by atoms with van der Waals surface area (Å²) in [5.74, 6) is 2.57. The molecule has 0 saturated heterocycles. The molecule has 0 saturated carbocycles. The Morgan fingerprint density at radius 3 is 2.47 bits per heavy atom. The Bertz CT molecular complexity index is 1280. The van der Waals surface area contributed by atoms with Crippen LogP contribution >= 0.6 is 0 Å². The van der Waals surface area contributed by atoms with Crippen molar-refractivity contribution in [2.24, 2.45) is 0 Å². The lowest BCUT2D eigenvalue weighted by molar-refractivity contribution is -0.116. The lowest BCUT2D eigenvalue weighted by Crippen LogP contribution is -2.31. The standard InChI is InChI=1S/C27H30N4O3/c1-27(2,3)17-14-12-16(13-15-17)25-29-26-28-19-9-7-10-20(32)22(19)23(31(26)30-25)18-8-6-11-21(33-4)24(18)34-5/h6,8,11-15,23H,7,9-10H2,1-5H3,(H,28,29,30). The van der Waals surface area contributed by atoms with E-state index in [0.717, 1.165) is 35.2 Å². The van der Waals surface area contributed by atoms with Gasteiger partial charge >= 0.3 is 0 Å². The first-order chi connectivity index (χ1) is 16.3. The van der Waals surface area contributed by atoms with Gasteiger partial charge in [-0.25, -0.2) is 4.68 Å². The van der Waals surface area contributed by atoms with E-state index in [0.29, 0.717) is 29.7 Å². The highest BCUT2D eigenvalue weighted by atomic mass is 16.5. The van der Waals surface area contributed by atoms with Crippen LogP contribution in [0.15, 0.2) is 53.7 Å². The molecule has 2 heterocycles. The Kier molecular flexibility index (Phi) is 5.42. The maximum atomic E-state index is 13.2. The molecule has 0 bridgehead atoms. The zero-order valence-electron chi connectivity index (χ0n) is 20.3. The number of methoxy groups -OCH3 is 2. The minimum Gasteiger partial charge on any atom is -0.493 e. The third-order valence-corrected chi connectivity index (χ3v) is 6.61. The third kappa shape index (κ3) is 3.65. The number of benzene rings is 2. The van der Waals surface area contributed by atoms with E-state index in [-0.39, 0.29) is 11.2 Å². The molecule has 5 rings (SSSR count). The van der Waals surface area contributed by atoms with E-state index >= 15 is 0 Å². The van der Waals surface area contributed by atoms with Gasteiger partial charge in [0.1, 0.15) is 6.04 Å². The molecule has 0 fully saturated rings. The number of ketones is 1. The van der Waals surface area contributed by atoms with Crippen LogP contribution in [0.5, 0.6) is 11.5 Å².